The van der Waals surface area contributed by atoms with Gasteiger partial charge in [-0.2, -0.15) is 11.8 Å². The van der Waals surface area contributed by atoms with Crippen molar-refractivity contribution in [3.8, 4) is 5.75 Å². The second kappa shape index (κ2) is 9.25. The van der Waals surface area contributed by atoms with Crippen LogP contribution >= 0.6 is 11.8 Å². The van der Waals surface area contributed by atoms with Gasteiger partial charge in [-0.05, 0) is 25.2 Å². The molecule has 0 radical (unpaired) electrons. The maximum absolute atomic E-state index is 8.67. The second-order valence-electron chi connectivity index (χ2n) is 4.11. The highest BCUT2D eigenvalue weighted by molar-refractivity contribution is 7.99. The van der Waals surface area contributed by atoms with Gasteiger partial charge in [0.05, 0.1) is 7.11 Å². The van der Waals surface area contributed by atoms with Gasteiger partial charge in [0.15, 0.2) is 0 Å². The molecule has 0 fully saturated rings. The molecule has 0 aliphatic rings. The third-order valence-corrected chi connectivity index (χ3v) is 3.82. The molecule has 0 amide bonds. The largest absolute Gasteiger partial charge is 0.496 e. The van der Waals surface area contributed by atoms with Crippen LogP contribution in [0.3, 0.4) is 0 Å². The zero-order valence-corrected chi connectivity index (χ0v) is 12.0. The predicted molar refractivity (Wildman–Crippen MR) is 78.4 cm³/mol. The Bertz CT molecular complexity index is 333. The molecule has 4 heteroatoms. The standard InChI is InChI=1S/C14H23NO2S/c1-12(15-8-11-18-10-5-9-16)13-6-3-4-7-14(13)17-2/h3-4,6-7,12,15-16H,5,8-11H2,1-2H3. The third kappa shape index (κ3) is 5.29. The topological polar surface area (TPSA) is 41.5 Å². The van der Waals surface area contributed by atoms with E-state index in [1.165, 1.54) is 5.56 Å². The van der Waals surface area contributed by atoms with Gasteiger partial charge in [-0.3, -0.25) is 0 Å². The number of nitrogens with one attached hydrogen (secondary N) is 1. The van der Waals surface area contributed by atoms with Crippen LogP contribution in [0.1, 0.15) is 24.9 Å². The lowest BCUT2D eigenvalue weighted by Gasteiger charge is -2.17. The molecular weight excluding hydrogens is 246 g/mol. The van der Waals surface area contributed by atoms with Crippen molar-refractivity contribution in [2.75, 3.05) is 31.8 Å². The molecule has 1 unspecified atom stereocenters. The van der Waals surface area contributed by atoms with Crippen LogP contribution in [0.15, 0.2) is 24.3 Å². The van der Waals surface area contributed by atoms with Crippen LogP contribution in [0, 0.1) is 0 Å². The van der Waals surface area contributed by atoms with Crippen molar-refractivity contribution in [2.24, 2.45) is 0 Å². The minimum Gasteiger partial charge on any atom is -0.496 e. The summed E-state index contributed by atoms with van der Waals surface area (Å²) in [5.41, 5.74) is 1.19. The minimum atomic E-state index is 0.290. The third-order valence-electron chi connectivity index (χ3n) is 2.75. The second-order valence-corrected chi connectivity index (χ2v) is 5.33. The van der Waals surface area contributed by atoms with Gasteiger partial charge in [0.25, 0.3) is 0 Å². The first-order valence-electron chi connectivity index (χ1n) is 6.34. The molecule has 1 aromatic rings. The maximum atomic E-state index is 8.67. The van der Waals surface area contributed by atoms with Crippen LogP contribution < -0.4 is 10.1 Å². The molecule has 0 spiro atoms. The Morgan fingerprint density at radius 1 is 1.33 bits per heavy atom. The fourth-order valence-corrected chi connectivity index (χ4v) is 2.55. The molecule has 0 aromatic heterocycles. The Balaban J connectivity index is 2.29. The monoisotopic (exact) mass is 269 g/mol. The number of hydrogen-bond acceptors (Lipinski definition) is 4. The Kier molecular flexibility index (Phi) is 7.89. The lowest BCUT2D eigenvalue weighted by molar-refractivity contribution is 0.296. The van der Waals surface area contributed by atoms with E-state index in [0.717, 1.165) is 30.2 Å². The van der Waals surface area contributed by atoms with Crippen LogP contribution in [0.25, 0.3) is 0 Å². The normalized spacial score (nSPS) is 12.4. The van der Waals surface area contributed by atoms with Crippen LogP contribution in [0.5, 0.6) is 5.75 Å². The number of aliphatic hydroxyl groups is 1. The average molecular weight is 269 g/mol. The molecule has 0 bridgehead atoms. The quantitative estimate of drug-likeness (QED) is 0.676. The first kappa shape index (κ1) is 15.3. The number of thioether (sulfide) groups is 1. The van der Waals surface area contributed by atoms with Crippen molar-refractivity contribution < 1.29 is 9.84 Å². The van der Waals surface area contributed by atoms with E-state index in [1.807, 2.05) is 30.0 Å². The van der Waals surface area contributed by atoms with Crippen molar-refractivity contribution in [1.29, 1.82) is 0 Å². The van der Waals surface area contributed by atoms with Crippen LogP contribution in [-0.4, -0.2) is 36.9 Å². The lowest BCUT2D eigenvalue weighted by Crippen LogP contribution is -2.21. The number of rotatable bonds is 9. The molecule has 0 aliphatic carbocycles. The zero-order chi connectivity index (χ0) is 13.2. The summed E-state index contributed by atoms with van der Waals surface area (Å²) >= 11 is 1.87. The molecule has 18 heavy (non-hydrogen) atoms. The maximum Gasteiger partial charge on any atom is 0.123 e. The fraction of sp³-hybridized carbons (Fsp3) is 0.571. The van der Waals surface area contributed by atoms with Gasteiger partial charge in [0, 0.05) is 30.5 Å². The van der Waals surface area contributed by atoms with E-state index in [1.54, 1.807) is 7.11 Å². The Morgan fingerprint density at radius 2 is 2.11 bits per heavy atom. The molecule has 0 saturated carbocycles. The van der Waals surface area contributed by atoms with Gasteiger partial charge in [-0.25, -0.2) is 0 Å². The van der Waals surface area contributed by atoms with Crippen molar-refractivity contribution in [2.45, 2.75) is 19.4 Å². The molecule has 0 saturated heterocycles. The Morgan fingerprint density at radius 3 is 2.83 bits per heavy atom. The molecule has 2 N–H and O–H groups in total. The molecule has 102 valence electrons. The molecule has 3 nitrogen and oxygen atoms in total. The average Bonchev–Trinajstić information content (AvgIpc) is 2.42. The van der Waals surface area contributed by atoms with Gasteiger partial charge in [-0.1, -0.05) is 18.2 Å². The van der Waals surface area contributed by atoms with Gasteiger partial charge in [0.1, 0.15) is 5.75 Å². The lowest BCUT2D eigenvalue weighted by atomic mass is 10.1. The van der Waals surface area contributed by atoms with E-state index in [9.17, 15) is 0 Å². The van der Waals surface area contributed by atoms with Crippen LogP contribution in [-0.2, 0) is 0 Å². The molecular formula is C14H23NO2S. The van der Waals surface area contributed by atoms with Gasteiger partial charge in [-0.15, -0.1) is 0 Å². The summed E-state index contributed by atoms with van der Waals surface area (Å²) < 4.78 is 5.35. The number of benzene rings is 1. The van der Waals surface area contributed by atoms with Crippen molar-refractivity contribution in [3.05, 3.63) is 29.8 Å². The summed E-state index contributed by atoms with van der Waals surface area (Å²) in [6, 6.07) is 8.39. The number of hydrogen-bond donors (Lipinski definition) is 2. The van der Waals surface area contributed by atoms with E-state index in [4.69, 9.17) is 9.84 Å². The number of methoxy groups -OCH3 is 1. The summed E-state index contributed by atoms with van der Waals surface area (Å²) in [7, 11) is 1.70. The van der Waals surface area contributed by atoms with Crippen molar-refractivity contribution >= 4 is 11.8 Å². The Hall–Kier alpha value is -0.710. The van der Waals surface area contributed by atoms with Gasteiger partial charge >= 0.3 is 0 Å². The molecule has 0 heterocycles. The number of aliphatic hydroxyl groups excluding tert-OH is 1. The predicted octanol–water partition coefficient (Wildman–Crippen LogP) is 2.46. The Labute approximate surface area is 114 Å². The van der Waals surface area contributed by atoms with Crippen LogP contribution in [0.2, 0.25) is 0 Å². The SMILES string of the molecule is COc1ccccc1C(C)NCCSCCCO. The van der Waals surface area contributed by atoms with Gasteiger partial charge in [0.2, 0.25) is 0 Å². The summed E-state index contributed by atoms with van der Waals surface area (Å²) in [6.07, 6.45) is 0.882. The first-order valence-corrected chi connectivity index (χ1v) is 7.50. The first-order chi connectivity index (χ1) is 8.79. The number of para-hydroxylation sites is 1. The molecule has 1 aromatic carbocycles. The summed E-state index contributed by atoms with van der Waals surface area (Å²) in [6.45, 7) is 3.41. The van der Waals surface area contributed by atoms with E-state index >= 15 is 0 Å². The molecule has 0 aliphatic heterocycles. The highest BCUT2D eigenvalue weighted by Crippen LogP contribution is 2.24. The van der Waals surface area contributed by atoms with Crippen LogP contribution in [0.4, 0.5) is 0 Å². The van der Waals surface area contributed by atoms with E-state index in [2.05, 4.69) is 18.3 Å². The van der Waals surface area contributed by atoms with E-state index in [-0.39, 0.29) is 6.61 Å². The van der Waals surface area contributed by atoms with Gasteiger partial charge < -0.3 is 15.2 Å². The molecule has 1 atom stereocenters. The highest BCUT2D eigenvalue weighted by atomic mass is 32.2. The van der Waals surface area contributed by atoms with E-state index < -0.39 is 0 Å². The van der Waals surface area contributed by atoms with Crippen molar-refractivity contribution in [1.82, 2.24) is 5.32 Å². The number of ether oxygens (including phenoxy) is 1. The highest BCUT2D eigenvalue weighted by Gasteiger charge is 2.09. The zero-order valence-electron chi connectivity index (χ0n) is 11.2. The summed E-state index contributed by atoms with van der Waals surface area (Å²) in [5.74, 6) is 3.03. The summed E-state index contributed by atoms with van der Waals surface area (Å²) in [4.78, 5) is 0. The van der Waals surface area contributed by atoms with Crippen molar-refractivity contribution in [3.63, 3.8) is 0 Å². The minimum absolute atomic E-state index is 0.290. The fourth-order valence-electron chi connectivity index (χ4n) is 1.75. The smallest absolute Gasteiger partial charge is 0.123 e. The van der Waals surface area contributed by atoms with E-state index in [0.29, 0.717) is 6.04 Å². The summed E-state index contributed by atoms with van der Waals surface area (Å²) in [5, 5.41) is 12.2. The molecule has 1 rings (SSSR count).